The van der Waals surface area contributed by atoms with Crippen molar-refractivity contribution >= 4 is 18.0 Å². The number of carboxylic acids is 2. The van der Waals surface area contributed by atoms with Crippen LogP contribution in [0.1, 0.15) is 12.8 Å². The Morgan fingerprint density at radius 3 is 2.44 bits per heavy atom. The first kappa shape index (κ1) is 14.2. The Labute approximate surface area is 103 Å². The second-order valence-electron chi connectivity index (χ2n) is 4.22. The fraction of sp³-hybridized carbons (Fsp3) is 0.700. The van der Waals surface area contributed by atoms with Gasteiger partial charge < -0.3 is 25.5 Å². The van der Waals surface area contributed by atoms with Crippen molar-refractivity contribution in [2.75, 3.05) is 19.7 Å². The van der Waals surface area contributed by atoms with Crippen LogP contribution in [0.25, 0.3) is 0 Å². The van der Waals surface area contributed by atoms with E-state index in [0.717, 1.165) is 0 Å². The van der Waals surface area contributed by atoms with Gasteiger partial charge in [0.15, 0.2) is 0 Å². The lowest BCUT2D eigenvalue weighted by atomic mass is 10.1. The molecule has 2 amide bonds. The average Bonchev–Trinajstić information content (AvgIpc) is 2.75. The van der Waals surface area contributed by atoms with Crippen molar-refractivity contribution in [2.24, 2.45) is 5.92 Å². The highest BCUT2D eigenvalue weighted by Crippen LogP contribution is 2.15. The van der Waals surface area contributed by atoms with Crippen molar-refractivity contribution in [3.8, 4) is 0 Å². The predicted octanol–water partition coefficient (Wildman–Crippen LogP) is -1.06. The van der Waals surface area contributed by atoms with Gasteiger partial charge in [-0.05, 0) is 6.42 Å². The van der Waals surface area contributed by atoms with E-state index in [4.69, 9.17) is 15.3 Å². The molecule has 8 nitrogen and oxygen atoms in total. The highest BCUT2D eigenvalue weighted by molar-refractivity contribution is 5.86. The van der Waals surface area contributed by atoms with Crippen LogP contribution in [0.4, 0.5) is 4.79 Å². The van der Waals surface area contributed by atoms with Gasteiger partial charge in [0, 0.05) is 25.6 Å². The molecule has 8 heteroatoms. The fourth-order valence-corrected chi connectivity index (χ4v) is 1.78. The first-order valence-electron chi connectivity index (χ1n) is 5.55. The zero-order valence-electron chi connectivity index (χ0n) is 9.70. The molecule has 1 aliphatic heterocycles. The number of urea groups is 1. The summed E-state index contributed by atoms with van der Waals surface area (Å²) in [6, 6.07) is -2.05. The maximum Gasteiger partial charge on any atom is 0.326 e. The van der Waals surface area contributed by atoms with Crippen LogP contribution in [0.5, 0.6) is 0 Å². The first-order valence-corrected chi connectivity index (χ1v) is 5.55. The number of amides is 2. The number of aliphatic hydroxyl groups excluding tert-OH is 1. The molecule has 0 saturated carbocycles. The van der Waals surface area contributed by atoms with E-state index in [1.165, 1.54) is 4.90 Å². The Morgan fingerprint density at radius 2 is 2.00 bits per heavy atom. The Bertz CT molecular complexity index is 345. The standard InChI is InChI=1S/C10H16N2O6/c13-5-6-1-2-12(4-6)10(18)11-7(9(16)17)3-8(14)15/h6-7,13H,1-5H2,(H,11,18)(H,14,15)(H,16,17). The lowest BCUT2D eigenvalue weighted by Crippen LogP contribution is -2.48. The average molecular weight is 260 g/mol. The van der Waals surface area contributed by atoms with E-state index < -0.39 is 30.4 Å². The van der Waals surface area contributed by atoms with Crippen LogP contribution in [-0.4, -0.2) is 63.9 Å². The van der Waals surface area contributed by atoms with E-state index >= 15 is 0 Å². The highest BCUT2D eigenvalue weighted by atomic mass is 16.4. The molecule has 0 aromatic rings. The summed E-state index contributed by atoms with van der Waals surface area (Å²) in [6.07, 6.45) is -0.0149. The second-order valence-corrected chi connectivity index (χ2v) is 4.22. The van der Waals surface area contributed by atoms with Crippen LogP contribution in [0, 0.1) is 5.92 Å². The molecule has 0 bridgehead atoms. The zero-order chi connectivity index (χ0) is 13.7. The number of carboxylic acid groups (broad SMARTS) is 2. The molecule has 1 heterocycles. The number of nitrogens with zero attached hydrogens (tertiary/aromatic N) is 1. The molecule has 0 spiro atoms. The Balaban J connectivity index is 2.51. The highest BCUT2D eigenvalue weighted by Gasteiger charge is 2.29. The van der Waals surface area contributed by atoms with E-state index in [-0.39, 0.29) is 12.5 Å². The number of hydrogen-bond donors (Lipinski definition) is 4. The SMILES string of the molecule is O=C(O)CC(NC(=O)N1CCC(CO)C1)C(=O)O. The van der Waals surface area contributed by atoms with E-state index in [9.17, 15) is 14.4 Å². The van der Waals surface area contributed by atoms with Crippen molar-refractivity contribution in [3.05, 3.63) is 0 Å². The van der Waals surface area contributed by atoms with Crippen molar-refractivity contribution in [3.63, 3.8) is 0 Å². The summed E-state index contributed by atoms with van der Waals surface area (Å²) in [5, 5.41) is 28.4. The van der Waals surface area contributed by atoms with Crippen LogP contribution >= 0.6 is 0 Å². The van der Waals surface area contributed by atoms with E-state index in [1.807, 2.05) is 0 Å². The summed E-state index contributed by atoms with van der Waals surface area (Å²) >= 11 is 0. The predicted molar refractivity (Wildman–Crippen MR) is 59.0 cm³/mol. The zero-order valence-corrected chi connectivity index (χ0v) is 9.70. The number of aliphatic hydroxyl groups is 1. The van der Waals surface area contributed by atoms with Gasteiger partial charge >= 0.3 is 18.0 Å². The number of carbonyl (C=O) groups is 3. The Kier molecular flexibility index (Phi) is 4.90. The number of nitrogens with one attached hydrogen (secondary N) is 1. The van der Waals surface area contributed by atoms with Gasteiger partial charge in [0.05, 0.1) is 6.42 Å². The molecule has 2 unspecified atom stereocenters. The Morgan fingerprint density at radius 1 is 1.33 bits per heavy atom. The lowest BCUT2D eigenvalue weighted by molar-refractivity contribution is -0.145. The maximum atomic E-state index is 11.7. The van der Waals surface area contributed by atoms with Gasteiger partial charge in [-0.3, -0.25) is 4.79 Å². The number of rotatable bonds is 5. The minimum Gasteiger partial charge on any atom is -0.481 e. The summed E-state index contributed by atoms with van der Waals surface area (Å²) in [5.41, 5.74) is 0. The lowest BCUT2D eigenvalue weighted by Gasteiger charge is -2.20. The van der Waals surface area contributed by atoms with Gasteiger partial charge in [0.25, 0.3) is 0 Å². The number of carbonyl (C=O) groups excluding carboxylic acids is 1. The topological polar surface area (TPSA) is 127 Å². The van der Waals surface area contributed by atoms with Gasteiger partial charge in [-0.25, -0.2) is 9.59 Å². The molecular formula is C10H16N2O6. The van der Waals surface area contributed by atoms with E-state index in [0.29, 0.717) is 19.5 Å². The molecule has 102 valence electrons. The molecule has 0 radical (unpaired) electrons. The number of hydrogen-bond acceptors (Lipinski definition) is 4. The number of likely N-dealkylation sites (tertiary alicyclic amines) is 1. The van der Waals surface area contributed by atoms with Gasteiger partial charge in [0.1, 0.15) is 6.04 Å². The van der Waals surface area contributed by atoms with E-state index in [2.05, 4.69) is 5.32 Å². The maximum absolute atomic E-state index is 11.7. The van der Waals surface area contributed by atoms with Crippen molar-refractivity contribution in [2.45, 2.75) is 18.9 Å². The van der Waals surface area contributed by atoms with Gasteiger partial charge in [-0.15, -0.1) is 0 Å². The molecular weight excluding hydrogens is 244 g/mol. The van der Waals surface area contributed by atoms with Crippen LogP contribution in [0.3, 0.4) is 0 Å². The molecule has 18 heavy (non-hydrogen) atoms. The summed E-state index contributed by atoms with van der Waals surface area (Å²) in [7, 11) is 0. The molecule has 0 aromatic heterocycles. The molecule has 1 rings (SSSR count). The van der Waals surface area contributed by atoms with Gasteiger partial charge in [0.2, 0.25) is 0 Å². The molecule has 1 saturated heterocycles. The summed E-state index contributed by atoms with van der Waals surface area (Å²) in [5.74, 6) is -2.68. The minimum absolute atomic E-state index is 0.00139. The van der Waals surface area contributed by atoms with E-state index in [1.54, 1.807) is 0 Å². The van der Waals surface area contributed by atoms with Crippen LogP contribution in [-0.2, 0) is 9.59 Å². The molecule has 4 N–H and O–H groups in total. The fourth-order valence-electron chi connectivity index (χ4n) is 1.78. The molecule has 2 atom stereocenters. The summed E-state index contributed by atoms with van der Waals surface area (Å²) in [6.45, 7) is 0.749. The summed E-state index contributed by atoms with van der Waals surface area (Å²) < 4.78 is 0. The molecule has 1 fully saturated rings. The molecule has 0 aliphatic carbocycles. The molecule has 1 aliphatic rings. The number of aliphatic carboxylic acids is 2. The third kappa shape index (κ3) is 3.88. The third-order valence-electron chi connectivity index (χ3n) is 2.81. The smallest absolute Gasteiger partial charge is 0.326 e. The van der Waals surface area contributed by atoms with Crippen LogP contribution < -0.4 is 5.32 Å². The van der Waals surface area contributed by atoms with Crippen LogP contribution in [0.15, 0.2) is 0 Å². The Hall–Kier alpha value is -1.83. The van der Waals surface area contributed by atoms with Crippen molar-refractivity contribution < 1.29 is 29.7 Å². The third-order valence-corrected chi connectivity index (χ3v) is 2.81. The quantitative estimate of drug-likeness (QED) is 0.499. The van der Waals surface area contributed by atoms with Crippen molar-refractivity contribution in [1.82, 2.24) is 10.2 Å². The van der Waals surface area contributed by atoms with Crippen LogP contribution in [0.2, 0.25) is 0 Å². The molecule has 0 aromatic carbocycles. The summed E-state index contributed by atoms with van der Waals surface area (Å²) in [4.78, 5) is 34.3. The van der Waals surface area contributed by atoms with Gasteiger partial charge in [-0.1, -0.05) is 0 Å². The monoisotopic (exact) mass is 260 g/mol. The van der Waals surface area contributed by atoms with Gasteiger partial charge in [-0.2, -0.15) is 0 Å². The first-order chi connectivity index (χ1) is 8.43. The minimum atomic E-state index is -1.44. The largest absolute Gasteiger partial charge is 0.481 e. The second kappa shape index (κ2) is 6.20. The van der Waals surface area contributed by atoms with Crippen molar-refractivity contribution in [1.29, 1.82) is 0 Å². The normalized spacial score (nSPS) is 20.5.